The average molecular weight is 244 g/mol. The minimum Gasteiger partial charge on any atom is -0.478 e. The van der Waals surface area contributed by atoms with E-state index in [1.807, 2.05) is 31.2 Å². The third-order valence-electron chi connectivity index (χ3n) is 2.39. The van der Waals surface area contributed by atoms with Crippen molar-refractivity contribution < 1.29 is 4.74 Å². The SMILES string of the molecule is CCOc1cc(NCc2ccc(N)cc2)ncn1. The van der Waals surface area contributed by atoms with Gasteiger partial charge < -0.3 is 15.8 Å². The van der Waals surface area contributed by atoms with Crippen molar-refractivity contribution in [1.29, 1.82) is 0 Å². The van der Waals surface area contributed by atoms with Crippen LogP contribution < -0.4 is 15.8 Å². The van der Waals surface area contributed by atoms with E-state index in [4.69, 9.17) is 10.5 Å². The molecule has 0 bridgehead atoms. The van der Waals surface area contributed by atoms with Gasteiger partial charge in [0.25, 0.3) is 0 Å². The smallest absolute Gasteiger partial charge is 0.218 e. The van der Waals surface area contributed by atoms with E-state index in [1.165, 1.54) is 6.33 Å². The van der Waals surface area contributed by atoms with Crippen LogP contribution in [-0.4, -0.2) is 16.6 Å². The first-order valence-electron chi connectivity index (χ1n) is 5.81. The highest BCUT2D eigenvalue weighted by molar-refractivity contribution is 5.42. The number of hydrogen-bond donors (Lipinski definition) is 2. The lowest BCUT2D eigenvalue weighted by Gasteiger charge is -2.07. The van der Waals surface area contributed by atoms with Crippen LogP contribution >= 0.6 is 0 Å². The second kappa shape index (κ2) is 5.86. The molecule has 5 heteroatoms. The Morgan fingerprint density at radius 1 is 1.22 bits per heavy atom. The number of rotatable bonds is 5. The van der Waals surface area contributed by atoms with E-state index < -0.39 is 0 Å². The second-order valence-electron chi connectivity index (χ2n) is 3.77. The van der Waals surface area contributed by atoms with E-state index in [-0.39, 0.29) is 0 Å². The molecule has 0 spiro atoms. The van der Waals surface area contributed by atoms with E-state index in [0.717, 1.165) is 17.1 Å². The van der Waals surface area contributed by atoms with E-state index in [9.17, 15) is 0 Å². The normalized spacial score (nSPS) is 10.1. The van der Waals surface area contributed by atoms with Gasteiger partial charge in [0.05, 0.1) is 6.61 Å². The van der Waals surface area contributed by atoms with Crippen molar-refractivity contribution in [2.45, 2.75) is 13.5 Å². The van der Waals surface area contributed by atoms with Crippen LogP contribution in [0, 0.1) is 0 Å². The number of aromatic nitrogens is 2. The predicted molar refractivity (Wildman–Crippen MR) is 71.4 cm³/mol. The monoisotopic (exact) mass is 244 g/mol. The molecule has 1 heterocycles. The Bertz CT molecular complexity index is 499. The Morgan fingerprint density at radius 3 is 2.72 bits per heavy atom. The van der Waals surface area contributed by atoms with Gasteiger partial charge in [-0.1, -0.05) is 12.1 Å². The summed E-state index contributed by atoms with van der Waals surface area (Å²) in [5.41, 5.74) is 7.53. The van der Waals surface area contributed by atoms with Crippen LogP contribution in [0.25, 0.3) is 0 Å². The van der Waals surface area contributed by atoms with Gasteiger partial charge in [-0.3, -0.25) is 0 Å². The molecule has 0 atom stereocenters. The number of nitrogens with two attached hydrogens (primary N) is 1. The Morgan fingerprint density at radius 2 is 2.00 bits per heavy atom. The molecule has 18 heavy (non-hydrogen) atoms. The van der Waals surface area contributed by atoms with E-state index in [0.29, 0.717) is 19.0 Å². The van der Waals surface area contributed by atoms with E-state index in [2.05, 4.69) is 15.3 Å². The molecule has 3 N–H and O–H groups in total. The first-order chi connectivity index (χ1) is 8.78. The van der Waals surface area contributed by atoms with Crippen molar-refractivity contribution in [2.24, 2.45) is 0 Å². The molecular weight excluding hydrogens is 228 g/mol. The standard InChI is InChI=1S/C13H16N4O/c1-2-18-13-7-12(16-9-17-13)15-8-10-3-5-11(14)6-4-10/h3-7,9H,2,8,14H2,1H3,(H,15,16,17). The first kappa shape index (κ1) is 12.2. The highest BCUT2D eigenvalue weighted by Crippen LogP contribution is 2.12. The second-order valence-corrected chi connectivity index (χ2v) is 3.77. The summed E-state index contributed by atoms with van der Waals surface area (Å²) < 4.78 is 5.31. The van der Waals surface area contributed by atoms with Gasteiger partial charge in [0.2, 0.25) is 5.88 Å². The topological polar surface area (TPSA) is 73.1 Å². The average Bonchev–Trinajstić information content (AvgIpc) is 2.39. The maximum Gasteiger partial charge on any atom is 0.218 e. The van der Waals surface area contributed by atoms with Crippen LogP contribution in [0.5, 0.6) is 5.88 Å². The minimum absolute atomic E-state index is 0.576. The molecule has 2 rings (SSSR count). The number of hydrogen-bond acceptors (Lipinski definition) is 5. The zero-order valence-electron chi connectivity index (χ0n) is 10.3. The third kappa shape index (κ3) is 3.35. The molecule has 0 saturated heterocycles. The van der Waals surface area contributed by atoms with Gasteiger partial charge >= 0.3 is 0 Å². The Labute approximate surface area is 106 Å². The molecule has 0 aliphatic rings. The van der Waals surface area contributed by atoms with Crippen molar-refractivity contribution in [1.82, 2.24) is 9.97 Å². The number of nitrogens with zero attached hydrogens (tertiary/aromatic N) is 2. The summed E-state index contributed by atoms with van der Waals surface area (Å²) in [5, 5.41) is 3.21. The fourth-order valence-electron chi connectivity index (χ4n) is 1.49. The fourth-order valence-corrected chi connectivity index (χ4v) is 1.49. The summed E-state index contributed by atoms with van der Waals surface area (Å²) in [5.74, 6) is 1.32. The summed E-state index contributed by atoms with van der Waals surface area (Å²) in [6.07, 6.45) is 1.48. The zero-order chi connectivity index (χ0) is 12.8. The molecule has 0 fully saturated rings. The lowest BCUT2D eigenvalue weighted by molar-refractivity contribution is 0.326. The van der Waals surface area contributed by atoms with Gasteiger partial charge in [0.1, 0.15) is 12.1 Å². The summed E-state index contributed by atoms with van der Waals surface area (Å²) >= 11 is 0. The van der Waals surface area contributed by atoms with Gasteiger partial charge in [0, 0.05) is 18.3 Å². The molecule has 5 nitrogen and oxygen atoms in total. The lowest BCUT2D eigenvalue weighted by Crippen LogP contribution is -2.03. The maximum absolute atomic E-state index is 5.63. The van der Waals surface area contributed by atoms with Crippen molar-refractivity contribution in [3.8, 4) is 5.88 Å². The molecule has 0 aliphatic carbocycles. The van der Waals surface area contributed by atoms with Gasteiger partial charge in [0.15, 0.2) is 0 Å². The summed E-state index contributed by atoms with van der Waals surface area (Å²) in [7, 11) is 0. The summed E-state index contributed by atoms with van der Waals surface area (Å²) in [6, 6.07) is 9.49. The molecule has 0 saturated carbocycles. The fraction of sp³-hybridized carbons (Fsp3) is 0.231. The molecule has 2 aromatic rings. The van der Waals surface area contributed by atoms with Crippen molar-refractivity contribution >= 4 is 11.5 Å². The van der Waals surface area contributed by atoms with Crippen LogP contribution in [0.4, 0.5) is 11.5 Å². The number of nitrogens with one attached hydrogen (secondary N) is 1. The van der Waals surface area contributed by atoms with Crippen molar-refractivity contribution in [3.05, 3.63) is 42.2 Å². The van der Waals surface area contributed by atoms with Gasteiger partial charge in [-0.15, -0.1) is 0 Å². The molecule has 1 aromatic heterocycles. The van der Waals surface area contributed by atoms with Crippen LogP contribution in [-0.2, 0) is 6.54 Å². The Kier molecular flexibility index (Phi) is 3.96. The molecule has 0 aliphatic heterocycles. The predicted octanol–water partition coefficient (Wildman–Crippen LogP) is 2.07. The van der Waals surface area contributed by atoms with Crippen LogP contribution in [0.1, 0.15) is 12.5 Å². The highest BCUT2D eigenvalue weighted by atomic mass is 16.5. The van der Waals surface area contributed by atoms with Crippen molar-refractivity contribution in [3.63, 3.8) is 0 Å². The zero-order valence-corrected chi connectivity index (χ0v) is 10.3. The van der Waals surface area contributed by atoms with E-state index in [1.54, 1.807) is 6.07 Å². The minimum atomic E-state index is 0.576. The summed E-state index contributed by atoms with van der Waals surface area (Å²) in [4.78, 5) is 8.13. The number of nitrogen functional groups attached to an aromatic ring is 1. The lowest BCUT2D eigenvalue weighted by atomic mass is 10.2. The number of anilines is 2. The quantitative estimate of drug-likeness (QED) is 0.788. The largest absolute Gasteiger partial charge is 0.478 e. The molecule has 94 valence electrons. The van der Waals surface area contributed by atoms with Gasteiger partial charge in [-0.2, -0.15) is 0 Å². The van der Waals surface area contributed by atoms with E-state index >= 15 is 0 Å². The number of ether oxygens (including phenoxy) is 1. The van der Waals surface area contributed by atoms with Gasteiger partial charge in [-0.25, -0.2) is 9.97 Å². The molecule has 0 radical (unpaired) electrons. The van der Waals surface area contributed by atoms with Crippen molar-refractivity contribution in [2.75, 3.05) is 17.7 Å². The summed E-state index contributed by atoms with van der Waals surface area (Å²) in [6.45, 7) is 3.20. The highest BCUT2D eigenvalue weighted by Gasteiger charge is 1.99. The van der Waals surface area contributed by atoms with Crippen LogP contribution in [0.3, 0.4) is 0 Å². The Balaban J connectivity index is 1.97. The molecule has 1 aromatic carbocycles. The molecular formula is C13H16N4O. The van der Waals surface area contributed by atoms with Crippen LogP contribution in [0.15, 0.2) is 36.7 Å². The third-order valence-corrected chi connectivity index (χ3v) is 2.39. The maximum atomic E-state index is 5.63. The van der Waals surface area contributed by atoms with Gasteiger partial charge in [-0.05, 0) is 24.6 Å². The first-order valence-corrected chi connectivity index (χ1v) is 5.81. The van der Waals surface area contributed by atoms with Crippen LogP contribution in [0.2, 0.25) is 0 Å². The molecule has 0 amide bonds. The molecule has 0 unspecified atom stereocenters. The Hall–Kier alpha value is -2.30. The number of benzene rings is 1.